The number of carbonyl (C=O) groups is 3. The standard InChI is InChI=1S/C23H22N4O5/c1-11(2)19-17-18(23(25-19)13-7-4-5-8-14(13)24-22(23)30)21(29)26(20(17)28)15-9-6-10-16(12(15)3)27(31)32/h4-11,17-19,25H,1-3H3,(H,24,30)/t17-,18+,19+,23+/m0/s1. The molecule has 0 saturated carbocycles. The molecule has 2 aromatic carbocycles. The van der Waals surface area contributed by atoms with Crippen LogP contribution in [0.2, 0.25) is 0 Å². The van der Waals surface area contributed by atoms with Gasteiger partial charge in [-0.05, 0) is 25.0 Å². The molecule has 164 valence electrons. The molecule has 32 heavy (non-hydrogen) atoms. The number of nitrogens with one attached hydrogen (secondary N) is 2. The lowest BCUT2D eigenvalue weighted by atomic mass is 9.76. The van der Waals surface area contributed by atoms with Crippen molar-refractivity contribution in [1.29, 1.82) is 0 Å². The van der Waals surface area contributed by atoms with E-state index in [9.17, 15) is 24.5 Å². The summed E-state index contributed by atoms with van der Waals surface area (Å²) in [6.45, 7) is 5.39. The van der Waals surface area contributed by atoms with Crippen LogP contribution < -0.4 is 15.5 Å². The molecule has 9 nitrogen and oxygen atoms in total. The van der Waals surface area contributed by atoms with Crippen LogP contribution in [0.5, 0.6) is 0 Å². The Labute approximate surface area is 183 Å². The summed E-state index contributed by atoms with van der Waals surface area (Å²) in [5.74, 6) is -3.08. The van der Waals surface area contributed by atoms with Gasteiger partial charge in [-0.15, -0.1) is 0 Å². The summed E-state index contributed by atoms with van der Waals surface area (Å²) in [7, 11) is 0. The Kier molecular flexibility index (Phi) is 4.26. The first kappa shape index (κ1) is 20.3. The van der Waals surface area contributed by atoms with E-state index < -0.39 is 40.2 Å². The molecule has 2 saturated heterocycles. The predicted octanol–water partition coefficient (Wildman–Crippen LogP) is 2.48. The molecule has 2 aromatic rings. The van der Waals surface area contributed by atoms with Crippen molar-refractivity contribution in [2.75, 3.05) is 10.2 Å². The van der Waals surface area contributed by atoms with E-state index in [1.807, 2.05) is 13.8 Å². The fourth-order valence-corrected chi connectivity index (χ4v) is 5.55. The van der Waals surface area contributed by atoms with E-state index in [0.29, 0.717) is 11.3 Å². The van der Waals surface area contributed by atoms with Crippen molar-refractivity contribution in [3.05, 3.63) is 63.7 Å². The van der Waals surface area contributed by atoms with Gasteiger partial charge in [0.1, 0.15) is 5.54 Å². The van der Waals surface area contributed by atoms with Crippen LogP contribution in [-0.2, 0) is 19.9 Å². The summed E-state index contributed by atoms with van der Waals surface area (Å²) >= 11 is 0. The molecule has 0 aliphatic carbocycles. The van der Waals surface area contributed by atoms with Gasteiger partial charge in [-0.3, -0.25) is 29.8 Å². The Morgan fingerprint density at radius 3 is 2.47 bits per heavy atom. The molecule has 0 radical (unpaired) electrons. The van der Waals surface area contributed by atoms with Gasteiger partial charge in [0.15, 0.2) is 0 Å². The second-order valence-corrected chi connectivity index (χ2v) is 8.92. The first-order chi connectivity index (χ1) is 15.2. The first-order valence-electron chi connectivity index (χ1n) is 10.5. The minimum absolute atomic E-state index is 0.0367. The lowest BCUT2D eigenvalue weighted by Gasteiger charge is -2.30. The largest absolute Gasteiger partial charge is 0.324 e. The van der Waals surface area contributed by atoms with Crippen LogP contribution in [0.1, 0.15) is 25.0 Å². The Bertz CT molecular complexity index is 1210. The SMILES string of the molecule is Cc1c(N2C(=O)[C@@H]3[C@@H](C(C)C)N[C@@]4(C(=O)Nc5ccccc54)[C@H]3C2=O)cccc1[N+](=O)[O-]. The van der Waals surface area contributed by atoms with Crippen molar-refractivity contribution in [3.8, 4) is 0 Å². The second kappa shape index (κ2) is 6.70. The number of nitro benzene ring substituents is 1. The number of hydrogen-bond acceptors (Lipinski definition) is 6. The van der Waals surface area contributed by atoms with Gasteiger partial charge < -0.3 is 5.32 Å². The third-order valence-electron chi connectivity index (χ3n) is 6.99. The van der Waals surface area contributed by atoms with Gasteiger partial charge in [0.25, 0.3) is 5.69 Å². The maximum absolute atomic E-state index is 13.8. The lowest BCUT2D eigenvalue weighted by Crippen LogP contribution is -2.54. The molecule has 3 heterocycles. The van der Waals surface area contributed by atoms with Gasteiger partial charge in [-0.25, -0.2) is 4.90 Å². The number of para-hydroxylation sites is 1. The van der Waals surface area contributed by atoms with Gasteiger partial charge in [-0.2, -0.15) is 0 Å². The fourth-order valence-electron chi connectivity index (χ4n) is 5.55. The highest BCUT2D eigenvalue weighted by molar-refractivity contribution is 6.26. The molecule has 9 heteroatoms. The molecule has 1 spiro atoms. The van der Waals surface area contributed by atoms with Crippen molar-refractivity contribution < 1.29 is 19.3 Å². The number of amides is 3. The average Bonchev–Trinajstić information content (AvgIpc) is 3.34. The molecule has 3 amide bonds. The molecule has 2 fully saturated rings. The number of benzene rings is 2. The van der Waals surface area contributed by atoms with Crippen LogP contribution in [-0.4, -0.2) is 28.7 Å². The third-order valence-corrected chi connectivity index (χ3v) is 6.99. The Morgan fingerprint density at radius 2 is 1.78 bits per heavy atom. The van der Waals surface area contributed by atoms with Gasteiger partial charge in [0.2, 0.25) is 17.7 Å². The van der Waals surface area contributed by atoms with Crippen LogP contribution in [0.15, 0.2) is 42.5 Å². The van der Waals surface area contributed by atoms with Gasteiger partial charge in [0, 0.05) is 23.4 Å². The van der Waals surface area contributed by atoms with Gasteiger partial charge in [0.05, 0.1) is 28.0 Å². The highest BCUT2D eigenvalue weighted by Gasteiger charge is 2.71. The molecule has 0 bridgehead atoms. The van der Waals surface area contributed by atoms with E-state index in [0.717, 1.165) is 4.90 Å². The summed E-state index contributed by atoms with van der Waals surface area (Å²) in [6.07, 6.45) is 0. The molecular weight excluding hydrogens is 412 g/mol. The second-order valence-electron chi connectivity index (χ2n) is 8.92. The quantitative estimate of drug-likeness (QED) is 0.435. The molecule has 5 rings (SSSR count). The maximum atomic E-state index is 13.8. The minimum atomic E-state index is -1.37. The molecule has 3 aliphatic rings. The van der Waals surface area contributed by atoms with Crippen LogP contribution in [0, 0.1) is 34.8 Å². The lowest BCUT2D eigenvalue weighted by molar-refractivity contribution is -0.385. The van der Waals surface area contributed by atoms with Crippen molar-refractivity contribution in [3.63, 3.8) is 0 Å². The van der Waals surface area contributed by atoms with E-state index in [1.165, 1.54) is 25.1 Å². The molecular formula is C23H22N4O5. The van der Waals surface area contributed by atoms with E-state index in [2.05, 4.69) is 10.6 Å². The predicted molar refractivity (Wildman–Crippen MR) is 116 cm³/mol. The Morgan fingerprint density at radius 1 is 1.06 bits per heavy atom. The number of nitrogens with zero attached hydrogens (tertiary/aromatic N) is 2. The summed E-state index contributed by atoms with van der Waals surface area (Å²) in [4.78, 5) is 52.8. The summed E-state index contributed by atoms with van der Waals surface area (Å²) in [6, 6.07) is 11.1. The highest BCUT2D eigenvalue weighted by Crippen LogP contribution is 2.54. The fraction of sp³-hybridized carbons (Fsp3) is 0.348. The zero-order valence-electron chi connectivity index (χ0n) is 17.8. The maximum Gasteiger partial charge on any atom is 0.274 e. The zero-order valence-corrected chi connectivity index (χ0v) is 17.8. The normalized spacial score (nSPS) is 28.4. The van der Waals surface area contributed by atoms with E-state index in [4.69, 9.17) is 0 Å². The minimum Gasteiger partial charge on any atom is -0.324 e. The van der Waals surface area contributed by atoms with Crippen molar-refractivity contribution in [1.82, 2.24) is 5.32 Å². The number of rotatable bonds is 3. The van der Waals surface area contributed by atoms with Crippen molar-refractivity contribution in [2.45, 2.75) is 32.4 Å². The number of imide groups is 1. The number of carbonyl (C=O) groups excluding carboxylic acids is 3. The van der Waals surface area contributed by atoms with Gasteiger partial charge in [-0.1, -0.05) is 38.1 Å². The van der Waals surface area contributed by atoms with E-state index in [1.54, 1.807) is 24.3 Å². The average molecular weight is 434 g/mol. The topological polar surface area (TPSA) is 122 Å². The highest BCUT2D eigenvalue weighted by atomic mass is 16.6. The van der Waals surface area contributed by atoms with Crippen LogP contribution >= 0.6 is 0 Å². The van der Waals surface area contributed by atoms with Crippen LogP contribution in [0.3, 0.4) is 0 Å². The van der Waals surface area contributed by atoms with Crippen LogP contribution in [0.4, 0.5) is 17.1 Å². The van der Waals surface area contributed by atoms with Crippen molar-refractivity contribution in [2.24, 2.45) is 17.8 Å². The molecule has 2 N–H and O–H groups in total. The number of anilines is 2. The number of hydrogen-bond donors (Lipinski definition) is 2. The molecule has 3 aliphatic heterocycles. The Hall–Kier alpha value is -3.59. The smallest absolute Gasteiger partial charge is 0.274 e. The van der Waals surface area contributed by atoms with Crippen LogP contribution in [0.25, 0.3) is 0 Å². The Balaban J connectivity index is 1.70. The summed E-state index contributed by atoms with van der Waals surface area (Å²) < 4.78 is 0. The summed E-state index contributed by atoms with van der Waals surface area (Å²) in [5.41, 5.74) is 0.135. The van der Waals surface area contributed by atoms with Gasteiger partial charge >= 0.3 is 0 Å². The molecule has 0 unspecified atom stereocenters. The third kappa shape index (κ3) is 2.39. The van der Waals surface area contributed by atoms with E-state index in [-0.39, 0.29) is 28.8 Å². The number of nitro groups is 1. The molecule has 0 aromatic heterocycles. The summed E-state index contributed by atoms with van der Waals surface area (Å²) in [5, 5.41) is 17.6. The molecule has 4 atom stereocenters. The monoisotopic (exact) mass is 434 g/mol. The zero-order chi connectivity index (χ0) is 22.9. The first-order valence-corrected chi connectivity index (χ1v) is 10.5. The van der Waals surface area contributed by atoms with E-state index >= 15 is 0 Å². The number of fused-ring (bicyclic) bond motifs is 4. The van der Waals surface area contributed by atoms with Crippen molar-refractivity contribution >= 4 is 34.8 Å².